The fraction of sp³-hybridized carbons (Fsp3) is 0.444. The summed E-state index contributed by atoms with van der Waals surface area (Å²) in [6, 6.07) is 7.32. The first kappa shape index (κ1) is 23.0. The minimum atomic E-state index is -4.70. The average molecular weight is 546 g/mol. The number of methoxy groups -OCH3 is 1. The molecule has 1 aliphatic heterocycles. The Morgan fingerprint density at radius 2 is 1.95 bits per heavy atom. The molecule has 1 aliphatic carbocycles. The fourth-order valence-electron chi connectivity index (χ4n) is 5.02. The minimum Gasteiger partial charge on any atom is -0.496 e. The Balaban J connectivity index is 1.48. The van der Waals surface area contributed by atoms with Crippen molar-refractivity contribution < 1.29 is 31.6 Å². The number of halogens is 3. The van der Waals surface area contributed by atoms with Gasteiger partial charge >= 0.3 is 6.18 Å². The van der Waals surface area contributed by atoms with Crippen LogP contribution in [0.5, 0.6) is 5.75 Å². The number of aromatic nitrogens is 4. The van der Waals surface area contributed by atoms with Gasteiger partial charge in [0.2, 0.25) is 5.91 Å². The van der Waals surface area contributed by atoms with Crippen molar-refractivity contribution in [3.8, 4) is 5.75 Å². The molecule has 12 heteroatoms. The number of carbonyl (C=O) groups excluding carboxylic acids is 2. The lowest BCUT2D eigenvalue weighted by atomic mass is 9.95. The molecule has 1 saturated carbocycles. The number of ether oxygens (including phenoxy) is 1. The van der Waals surface area contributed by atoms with E-state index in [-0.39, 0.29) is 30.3 Å². The number of amides is 2. The van der Waals surface area contributed by atoms with Crippen LogP contribution in [0.4, 0.5) is 13.2 Å². The molecule has 2 aliphatic rings. The molecule has 1 aromatic carbocycles. The van der Waals surface area contributed by atoms with Gasteiger partial charge in [0, 0.05) is 12.5 Å². The lowest BCUT2D eigenvalue weighted by Crippen LogP contribution is -2.43. The Morgan fingerprint density at radius 1 is 1.15 bits per heavy atom. The Morgan fingerprint density at radius 3 is 2.62 bits per heavy atom. The number of carbonyl (C=O) groups is 2. The lowest BCUT2D eigenvalue weighted by Gasteiger charge is -2.31. The Hall–Kier alpha value is -3.96. The Labute approximate surface area is 227 Å². The van der Waals surface area contributed by atoms with Gasteiger partial charge in [0.1, 0.15) is 18.0 Å². The summed E-state index contributed by atoms with van der Waals surface area (Å²) in [6.07, 6.45) is -2.92. The second-order valence-corrected chi connectivity index (χ2v) is 9.92. The van der Waals surface area contributed by atoms with Gasteiger partial charge in [0.05, 0.1) is 34.6 Å². The van der Waals surface area contributed by atoms with Gasteiger partial charge in [0.25, 0.3) is 5.91 Å². The molecule has 2 amide bonds. The monoisotopic (exact) mass is 545 g/mol. The van der Waals surface area contributed by atoms with Crippen molar-refractivity contribution in [3.05, 3.63) is 70.3 Å². The molecule has 1 N–H and O–H groups in total. The first-order valence-corrected chi connectivity index (χ1v) is 12.6. The highest BCUT2D eigenvalue weighted by Crippen LogP contribution is 2.42. The van der Waals surface area contributed by atoms with Crippen molar-refractivity contribution in [1.82, 2.24) is 30.2 Å². The van der Waals surface area contributed by atoms with E-state index >= 15 is 0 Å². The maximum absolute atomic E-state index is 13.8. The standard InChI is InChI=1S/C27H29F3N6O3/c1-15-7-10-20(33-32-15)26(38)31-19-11-12-35(25(19)18-5-4-6-22(39-3)16(18)2)24(37)14-36-23(27(28,29)30)13-21(34-36)17-8-9-17/h4-7,10,13,17,19,25H,8-9,11-12,14H2,1-3H3,(H,31,38)/t19-,25-/m1/s1/i3D3. The predicted octanol–water partition coefficient (Wildman–Crippen LogP) is 3.97. The van der Waals surface area contributed by atoms with Crippen LogP contribution in [0.3, 0.4) is 0 Å². The van der Waals surface area contributed by atoms with Gasteiger partial charge < -0.3 is 15.0 Å². The zero-order chi connectivity index (χ0) is 30.4. The van der Waals surface area contributed by atoms with E-state index < -0.39 is 49.4 Å². The third-order valence-electron chi connectivity index (χ3n) is 7.19. The summed E-state index contributed by atoms with van der Waals surface area (Å²) < 4.78 is 69.9. The highest BCUT2D eigenvalue weighted by atomic mass is 19.4. The van der Waals surface area contributed by atoms with Crippen LogP contribution in [-0.2, 0) is 17.5 Å². The van der Waals surface area contributed by atoms with Crippen LogP contribution in [0.1, 0.15) is 74.0 Å². The first-order chi connectivity index (χ1) is 19.7. The van der Waals surface area contributed by atoms with E-state index in [1.165, 1.54) is 17.0 Å². The van der Waals surface area contributed by atoms with Crippen molar-refractivity contribution in [2.24, 2.45) is 0 Å². The highest BCUT2D eigenvalue weighted by Gasteiger charge is 2.42. The molecule has 3 heterocycles. The van der Waals surface area contributed by atoms with Crippen molar-refractivity contribution in [1.29, 1.82) is 0 Å². The molecular weight excluding hydrogens is 513 g/mol. The van der Waals surface area contributed by atoms with E-state index in [0.717, 1.165) is 18.9 Å². The minimum absolute atomic E-state index is 0.0462. The van der Waals surface area contributed by atoms with E-state index in [4.69, 9.17) is 8.85 Å². The third kappa shape index (κ3) is 5.45. The van der Waals surface area contributed by atoms with Crippen molar-refractivity contribution in [2.75, 3.05) is 13.6 Å². The summed E-state index contributed by atoms with van der Waals surface area (Å²) in [5.41, 5.74) is 0.880. The van der Waals surface area contributed by atoms with Gasteiger partial charge in [-0.05, 0) is 68.5 Å². The molecule has 39 heavy (non-hydrogen) atoms. The molecule has 0 radical (unpaired) electrons. The molecule has 1 saturated heterocycles. The smallest absolute Gasteiger partial charge is 0.433 e. The maximum Gasteiger partial charge on any atom is 0.433 e. The predicted molar refractivity (Wildman–Crippen MR) is 134 cm³/mol. The average Bonchev–Trinajstić information content (AvgIpc) is 3.53. The van der Waals surface area contributed by atoms with E-state index in [1.54, 1.807) is 32.0 Å². The molecule has 0 unspecified atom stereocenters. The topological polar surface area (TPSA) is 102 Å². The molecule has 0 bridgehead atoms. The normalized spacial score (nSPS) is 20.7. The number of alkyl halides is 3. The number of hydrogen-bond donors (Lipinski definition) is 1. The van der Waals surface area contributed by atoms with Gasteiger partial charge in [-0.2, -0.15) is 23.4 Å². The summed E-state index contributed by atoms with van der Waals surface area (Å²) in [5.74, 6) is -1.17. The Bertz CT molecular complexity index is 1490. The molecule has 3 aromatic rings. The third-order valence-corrected chi connectivity index (χ3v) is 7.19. The molecule has 2 fully saturated rings. The maximum atomic E-state index is 13.8. The number of aryl methyl sites for hydroxylation is 1. The van der Waals surface area contributed by atoms with Crippen LogP contribution in [0, 0.1) is 13.8 Å². The lowest BCUT2D eigenvalue weighted by molar-refractivity contribution is -0.146. The van der Waals surface area contributed by atoms with Gasteiger partial charge in [0.15, 0.2) is 5.69 Å². The molecule has 2 atom stereocenters. The van der Waals surface area contributed by atoms with Crippen LogP contribution in [0.15, 0.2) is 36.4 Å². The largest absolute Gasteiger partial charge is 0.496 e. The molecule has 9 nitrogen and oxygen atoms in total. The summed E-state index contributed by atoms with van der Waals surface area (Å²) in [6.45, 7) is 2.81. The quantitative estimate of drug-likeness (QED) is 0.482. The molecular formula is C27H29F3N6O3. The fourth-order valence-corrected chi connectivity index (χ4v) is 5.02. The summed E-state index contributed by atoms with van der Waals surface area (Å²) in [7, 11) is -2.74. The van der Waals surface area contributed by atoms with E-state index in [9.17, 15) is 22.8 Å². The van der Waals surface area contributed by atoms with Gasteiger partial charge in [-0.1, -0.05) is 12.1 Å². The van der Waals surface area contributed by atoms with Gasteiger partial charge in [-0.3, -0.25) is 14.3 Å². The van der Waals surface area contributed by atoms with Gasteiger partial charge in [-0.25, -0.2) is 0 Å². The van der Waals surface area contributed by atoms with Crippen molar-refractivity contribution in [2.45, 2.75) is 63.8 Å². The van der Waals surface area contributed by atoms with Crippen molar-refractivity contribution >= 4 is 11.8 Å². The van der Waals surface area contributed by atoms with Crippen molar-refractivity contribution in [3.63, 3.8) is 0 Å². The zero-order valence-corrected chi connectivity index (χ0v) is 21.3. The van der Waals surface area contributed by atoms with Crippen LogP contribution >= 0.6 is 0 Å². The molecule has 2 aromatic heterocycles. The molecule has 5 rings (SSSR count). The molecule has 206 valence electrons. The number of nitrogens with one attached hydrogen (secondary N) is 1. The number of rotatable bonds is 7. The van der Waals surface area contributed by atoms with E-state index in [0.29, 0.717) is 27.2 Å². The van der Waals surface area contributed by atoms with Crippen LogP contribution in [-0.4, -0.2) is 56.3 Å². The number of likely N-dealkylation sites (tertiary alicyclic amines) is 1. The second kappa shape index (κ2) is 10.3. The SMILES string of the molecule is [2H]C([2H])([2H])Oc1cccc([C@@H]2[C@H](NC(=O)c3ccc(C)nn3)CCN2C(=O)Cn2nc(C3CC3)cc2C(F)(F)F)c1C. The highest BCUT2D eigenvalue weighted by molar-refractivity contribution is 5.92. The summed E-state index contributed by atoms with van der Waals surface area (Å²) in [5, 5.41) is 14.8. The van der Waals surface area contributed by atoms with E-state index in [2.05, 4.69) is 20.6 Å². The van der Waals surface area contributed by atoms with Crippen LogP contribution in [0.25, 0.3) is 0 Å². The summed E-state index contributed by atoms with van der Waals surface area (Å²) >= 11 is 0. The van der Waals surface area contributed by atoms with Crippen LogP contribution < -0.4 is 10.1 Å². The van der Waals surface area contributed by atoms with Gasteiger partial charge in [-0.15, -0.1) is 5.10 Å². The number of nitrogens with zero attached hydrogens (tertiary/aromatic N) is 5. The number of benzene rings is 1. The zero-order valence-electron chi connectivity index (χ0n) is 24.3. The van der Waals surface area contributed by atoms with Crippen LogP contribution in [0.2, 0.25) is 0 Å². The second-order valence-electron chi connectivity index (χ2n) is 9.92. The first-order valence-electron chi connectivity index (χ1n) is 14.1. The Kier molecular flexibility index (Phi) is 6.07. The molecule has 0 spiro atoms. The van der Waals surface area contributed by atoms with E-state index in [1.807, 2.05) is 0 Å². The number of hydrogen-bond acceptors (Lipinski definition) is 6. The summed E-state index contributed by atoms with van der Waals surface area (Å²) in [4.78, 5) is 28.1.